The minimum atomic E-state index is 0.594. The molecule has 1 aliphatic rings. The molecule has 0 unspecified atom stereocenters. The topological polar surface area (TPSA) is 35.8 Å². The van der Waals surface area contributed by atoms with Crippen LogP contribution in [0.1, 0.15) is 29.9 Å². The second-order valence-electron chi connectivity index (χ2n) is 3.78. The van der Waals surface area contributed by atoms with Gasteiger partial charge in [-0.15, -0.1) is 0 Å². The first-order chi connectivity index (χ1) is 6.90. The minimum Gasteiger partial charge on any atom is -0.316 e. The van der Waals surface area contributed by atoms with Gasteiger partial charge in [-0.25, -0.2) is 0 Å². The summed E-state index contributed by atoms with van der Waals surface area (Å²) in [6.45, 7) is 2.18. The van der Waals surface area contributed by atoms with Crippen molar-refractivity contribution in [3.05, 3.63) is 35.4 Å². The second-order valence-corrected chi connectivity index (χ2v) is 3.78. The van der Waals surface area contributed by atoms with Crippen molar-refractivity contribution < 1.29 is 0 Å². The lowest BCUT2D eigenvalue weighted by molar-refractivity contribution is 0.461. The maximum atomic E-state index is 8.79. The number of nitrogens with zero attached hydrogens (tertiary/aromatic N) is 1. The van der Waals surface area contributed by atoms with Gasteiger partial charge in [0.25, 0.3) is 0 Å². The Bertz CT molecular complexity index is 346. The average Bonchev–Trinajstić information content (AvgIpc) is 2.30. The van der Waals surface area contributed by atoms with Crippen LogP contribution in [-0.4, -0.2) is 13.1 Å². The maximum absolute atomic E-state index is 8.79. The zero-order chi connectivity index (χ0) is 9.80. The molecule has 2 rings (SSSR count). The summed E-state index contributed by atoms with van der Waals surface area (Å²) in [6.07, 6.45) is 2.48. The molecule has 0 spiro atoms. The first kappa shape index (κ1) is 9.23. The fourth-order valence-corrected chi connectivity index (χ4v) is 2.00. The zero-order valence-corrected chi connectivity index (χ0v) is 8.16. The molecule has 0 saturated carbocycles. The Morgan fingerprint density at radius 1 is 1.43 bits per heavy atom. The Labute approximate surface area is 84.6 Å². The van der Waals surface area contributed by atoms with E-state index < -0.39 is 0 Å². The van der Waals surface area contributed by atoms with Crippen LogP contribution < -0.4 is 5.32 Å². The molecule has 1 saturated heterocycles. The Kier molecular flexibility index (Phi) is 2.81. The van der Waals surface area contributed by atoms with Gasteiger partial charge in [-0.3, -0.25) is 0 Å². The van der Waals surface area contributed by atoms with Crippen molar-refractivity contribution in [2.45, 2.75) is 18.8 Å². The summed E-state index contributed by atoms with van der Waals surface area (Å²) in [7, 11) is 0. The lowest BCUT2D eigenvalue weighted by Gasteiger charge is -2.23. The van der Waals surface area contributed by atoms with E-state index in [1.54, 1.807) is 0 Å². The van der Waals surface area contributed by atoms with Gasteiger partial charge in [0.15, 0.2) is 0 Å². The average molecular weight is 186 g/mol. The number of nitriles is 1. The molecule has 72 valence electrons. The molecule has 0 aliphatic carbocycles. The lowest BCUT2D eigenvalue weighted by atomic mass is 9.91. The number of hydrogen-bond acceptors (Lipinski definition) is 2. The Morgan fingerprint density at radius 2 is 2.36 bits per heavy atom. The van der Waals surface area contributed by atoms with E-state index in [1.807, 2.05) is 18.2 Å². The van der Waals surface area contributed by atoms with Gasteiger partial charge in [-0.1, -0.05) is 12.1 Å². The van der Waals surface area contributed by atoms with E-state index in [-0.39, 0.29) is 0 Å². The zero-order valence-electron chi connectivity index (χ0n) is 8.16. The van der Waals surface area contributed by atoms with Crippen LogP contribution in [0.25, 0.3) is 0 Å². The van der Waals surface area contributed by atoms with Gasteiger partial charge in [-0.2, -0.15) is 5.26 Å². The SMILES string of the molecule is N#Cc1cccc([C@H]2CCCNC2)c1. The number of nitrogens with one attached hydrogen (secondary N) is 1. The third kappa shape index (κ3) is 1.94. The van der Waals surface area contributed by atoms with E-state index in [1.165, 1.54) is 18.4 Å². The van der Waals surface area contributed by atoms with Gasteiger partial charge in [0.1, 0.15) is 0 Å². The van der Waals surface area contributed by atoms with Crippen LogP contribution in [0, 0.1) is 11.3 Å². The van der Waals surface area contributed by atoms with Gasteiger partial charge in [0.2, 0.25) is 0 Å². The van der Waals surface area contributed by atoms with Crippen LogP contribution in [-0.2, 0) is 0 Å². The predicted octanol–water partition coefficient (Wildman–Crippen LogP) is 2.03. The molecular formula is C12H14N2. The summed E-state index contributed by atoms with van der Waals surface area (Å²) in [6, 6.07) is 10.2. The van der Waals surface area contributed by atoms with Crippen LogP contribution in [0.5, 0.6) is 0 Å². The van der Waals surface area contributed by atoms with Crippen LogP contribution >= 0.6 is 0 Å². The molecule has 0 aromatic heterocycles. The standard InChI is InChI=1S/C12H14N2/c13-8-10-3-1-4-11(7-10)12-5-2-6-14-9-12/h1,3-4,7,12,14H,2,5-6,9H2/t12-/m0/s1. The number of benzene rings is 1. The Hall–Kier alpha value is -1.33. The van der Waals surface area contributed by atoms with E-state index in [4.69, 9.17) is 5.26 Å². The molecule has 2 nitrogen and oxygen atoms in total. The fourth-order valence-electron chi connectivity index (χ4n) is 2.00. The largest absolute Gasteiger partial charge is 0.316 e. The smallest absolute Gasteiger partial charge is 0.0991 e. The number of piperidine rings is 1. The quantitative estimate of drug-likeness (QED) is 0.728. The summed E-state index contributed by atoms with van der Waals surface area (Å²) in [5, 5.41) is 12.2. The molecule has 1 heterocycles. The van der Waals surface area contributed by atoms with Crippen LogP contribution in [0.4, 0.5) is 0 Å². The lowest BCUT2D eigenvalue weighted by Crippen LogP contribution is -2.28. The highest BCUT2D eigenvalue weighted by Crippen LogP contribution is 2.23. The molecule has 1 atom stereocenters. The van der Waals surface area contributed by atoms with Crippen molar-refractivity contribution in [3.63, 3.8) is 0 Å². The van der Waals surface area contributed by atoms with Crippen molar-refractivity contribution in [2.75, 3.05) is 13.1 Å². The van der Waals surface area contributed by atoms with Gasteiger partial charge >= 0.3 is 0 Å². The molecule has 1 fully saturated rings. The Morgan fingerprint density at radius 3 is 3.07 bits per heavy atom. The monoisotopic (exact) mass is 186 g/mol. The molecule has 1 N–H and O–H groups in total. The summed E-state index contributed by atoms with van der Waals surface area (Å²) >= 11 is 0. The van der Waals surface area contributed by atoms with E-state index in [9.17, 15) is 0 Å². The summed E-state index contributed by atoms with van der Waals surface area (Å²) in [5.41, 5.74) is 2.07. The highest BCUT2D eigenvalue weighted by molar-refractivity contribution is 5.34. The van der Waals surface area contributed by atoms with Gasteiger partial charge in [-0.05, 0) is 43.0 Å². The van der Waals surface area contributed by atoms with Crippen LogP contribution in [0.2, 0.25) is 0 Å². The fraction of sp³-hybridized carbons (Fsp3) is 0.417. The molecule has 0 radical (unpaired) electrons. The van der Waals surface area contributed by atoms with E-state index in [0.717, 1.165) is 18.7 Å². The van der Waals surface area contributed by atoms with Crippen molar-refractivity contribution >= 4 is 0 Å². The van der Waals surface area contributed by atoms with Crippen molar-refractivity contribution in [1.29, 1.82) is 5.26 Å². The first-order valence-electron chi connectivity index (χ1n) is 5.11. The van der Waals surface area contributed by atoms with Gasteiger partial charge < -0.3 is 5.32 Å². The second kappa shape index (κ2) is 4.26. The van der Waals surface area contributed by atoms with E-state index in [2.05, 4.69) is 17.5 Å². The molecule has 1 aliphatic heterocycles. The first-order valence-corrected chi connectivity index (χ1v) is 5.11. The van der Waals surface area contributed by atoms with Gasteiger partial charge in [0.05, 0.1) is 11.6 Å². The summed E-state index contributed by atoms with van der Waals surface area (Å²) in [5.74, 6) is 0.594. The molecule has 1 aromatic rings. The van der Waals surface area contributed by atoms with Crippen LogP contribution in [0.15, 0.2) is 24.3 Å². The number of hydrogen-bond donors (Lipinski definition) is 1. The highest BCUT2D eigenvalue weighted by Gasteiger charge is 2.14. The maximum Gasteiger partial charge on any atom is 0.0991 e. The van der Waals surface area contributed by atoms with Crippen molar-refractivity contribution in [2.24, 2.45) is 0 Å². The molecule has 0 amide bonds. The molecule has 2 heteroatoms. The predicted molar refractivity (Wildman–Crippen MR) is 56.0 cm³/mol. The van der Waals surface area contributed by atoms with Gasteiger partial charge in [0, 0.05) is 6.54 Å². The van der Waals surface area contributed by atoms with E-state index in [0.29, 0.717) is 5.92 Å². The molecule has 14 heavy (non-hydrogen) atoms. The van der Waals surface area contributed by atoms with E-state index >= 15 is 0 Å². The Balaban J connectivity index is 2.18. The molecule has 0 bridgehead atoms. The third-order valence-corrected chi connectivity index (χ3v) is 2.78. The summed E-state index contributed by atoms with van der Waals surface area (Å²) < 4.78 is 0. The molecule has 1 aromatic carbocycles. The van der Waals surface area contributed by atoms with Crippen molar-refractivity contribution in [3.8, 4) is 6.07 Å². The van der Waals surface area contributed by atoms with Crippen LogP contribution in [0.3, 0.4) is 0 Å². The summed E-state index contributed by atoms with van der Waals surface area (Å²) in [4.78, 5) is 0. The minimum absolute atomic E-state index is 0.594. The number of rotatable bonds is 1. The highest BCUT2D eigenvalue weighted by atomic mass is 14.9. The third-order valence-electron chi connectivity index (χ3n) is 2.78. The normalized spacial score (nSPS) is 21.5. The molecular weight excluding hydrogens is 172 g/mol. The van der Waals surface area contributed by atoms with Crippen molar-refractivity contribution in [1.82, 2.24) is 5.32 Å².